The summed E-state index contributed by atoms with van der Waals surface area (Å²) in [5.41, 5.74) is 2.92. The zero-order chi connectivity index (χ0) is 24.1. The summed E-state index contributed by atoms with van der Waals surface area (Å²) in [5.74, 6) is -0.167. The van der Waals surface area contributed by atoms with Crippen LogP contribution in [0.2, 0.25) is 5.15 Å². The first kappa shape index (κ1) is 24.1. The highest BCUT2D eigenvalue weighted by Crippen LogP contribution is 2.38. The number of hydrogen-bond acceptors (Lipinski definition) is 7. The number of Topliss-reactive ketones (excluding diaryl/α,β-unsaturated/α-hetero) is 1. The van der Waals surface area contributed by atoms with Crippen molar-refractivity contribution in [3.8, 4) is 17.2 Å². The number of aromatic nitrogens is 2. The predicted molar refractivity (Wildman–Crippen MR) is 123 cm³/mol. The van der Waals surface area contributed by atoms with Gasteiger partial charge in [0.1, 0.15) is 10.7 Å². The summed E-state index contributed by atoms with van der Waals surface area (Å²) in [4.78, 5) is 25.4. The Morgan fingerprint density at radius 3 is 2.12 bits per heavy atom. The maximum absolute atomic E-state index is 12.7. The van der Waals surface area contributed by atoms with E-state index >= 15 is 0 Å². The van der Waals surface area contributed by atoms with Crippen LogP contribution in [0.25, 0.3) is 0 Å². The lowest BCUT2D eigenvalue weighted by Crippen LogP contribution is -2.15. The summed E-state index contributed by atoms with van der Waals surface area (Å²) in [6.45, 7) is 3.57. The highest BCUT2D eigenvalue weighted by Gasteiger charge is 2.24. The van der Waals surface area contributed by atoms with Crippen LogP contribution in [-0.4, -0.2) is 49.5 Å². The Morgan fingerprint density at radius 1 is 0.970 bits per heavy atom. The lowest BCUT2D eigenvalue weighted by atomic mass is 10.1. The van der Waals surface area contributed by atoms with Crippen LogP contribution in [0.3, 0.4) is 0 Å². The minimum Gasteiger partial charge on any atom is -0.493 e. The Labute approximate surface area is 197 Å². The monoisotopic (exact) mass is 472 g/mol. The number of ether oxygens (including phenoxy) is 4. The maximum Gasteiger partial charge on any atom is 0.343 e. The molecule has 9 heteroatoms. The zero-order valence-corrected chi connectivity index (χ0v) is 19.9. The van der Waals surface area contributed by atoms with Gasteiger partial charge in [0.25, 0.3) is 0 Å². The second-order valence-corrected chi connectivity index (χ2v) is 7.67. The second-order valence-electron chi connectivity index (χ2n) is 7.31. The molecular weight excluding hydrogens is 448 g/mol. The molecule has 3 aromatic rings. The quantitative estimate of drug-likeness (QED) is 0.339. The molecule has 0 amide bonds. The molecule has 33 heavy (non-hydrogen) atoms. The highest BCUT2D eigenvalue weighted by molar-refractivity contribution is 6.32. The minimum absolute atomic E-state index is 0.126. The van der Waals surface area contributed by atoms with Gasteiger partial charge in [-0.25, -0.2) is 9.48 Å². The van der Waals surface area contributed by atoms with Crippen LogP contribution in [0.15, 0.2) is 36.4 Å². The van der Waals surface area contributed by atoms with E-state index in [1.807, 2.05) is 31.2 Å². The number of esters is 1. The van der Waals surface area contributed by atoms with E-state index in [0.717, 1.165) is 11.1 Å². The molecule has 1 heterocycles. The summed E-state index contributed by atoms with van der Waals surface area (Å²) >= 11 is 6.42. The number of aryl methyl sites for hydroxylation is 2. The van der Waals surface area contributed by atoms with E-state index in [-0.39, 0.29) is 16.3 Å². The van der Waals surface area contributed by atoms with Crippen molar-refractivity contribution in [1.82, 2.24) is 9.78 Å². The first-order valence-electron chi connectivity index (χ1n) is 10.1. The SMILES string of the molecule is COc1cc(C(=O)COC(=O)c2c(C)nn(Cc3ccc(C)cc3)c2Cl)cc(OC)c1OC. The van der Waals surface area contributed by atoms with E-state index in [0.29, 0.717) is 29.5 Å². The molecule has 0 radical (unpaired) electrons. The molecular formula is C24H25ClN2O6. The second kappa shape index (κ2) is 10.4. The summed E-state index contributed by atoms with van der Waals surface area (Å²) in [5, 5.41) is 4.50. The molecule has 2 aromatic carbocycles. The lowest BCUT2D eigenvalue weighted by Gasteiger charge is -2.13. The highest BCUT2D eigenvalue weighted by atomic mass is 35.5. The van der Waals surface area contributed by atoms with Crippen LogP contribution < -0.4 is 14.2 Å². The van der Waals surface area contributed by atoms with E-state index in [4.69, 9.17) is 30.5 Å². The molecule has 0 saturated heterocycles. The van der Waals surface area contributed by atoms with Crippen LogP contribution >= 0.6 is 11.6 Å². The van der Waals surface area contributed by atoms with Crippen molar-refractivity contribution in [3.63, 3.8) is 0 Å². The summed E-state index contributed by atoms with van der Waals surface area (Å²) in [6, 6.07) is 10.9. The number of methoxy groups -OCH3 is 3. The molecule has 0 aliphatic heterocycles. The zero-order valence-electron chi connectivity index (χ0n) is 19.1. The van der Waals surface area contributed by atoms with Crippen molar-refractivity contribution in [2.24, 2.45) is 0 Å². The van der Waals surface area contributed by atoms with Gasteiger partial charge in [-0.2, -0.15) is 5.10 Å². The number of hydrogen-bond donors (Lipinski definition) is 0. The molecule has 0 bridgehead atoms. The van der Waals surface area contributed by atoms with Gasteiger partial charge in [-0.05, 0) is 31.5 Å². The van der Waals surface area contributed by atoms with E-state index < -0.39 is 18.4 Å². The van der Waals surface area contributed by atoms with Gasteiger partial charge in [0.15, 0.2) is 18.1 Å². The van der Waals surface area contributed by atoms with Crippen LogP contribution in [0, 0.1) is 13.8 Å². The molecule has 0 atom stereocenters. The average Bonchev–Trinajstić information content (AvgIpc) is 3.10. The molecule has 174 valence electrons. The fourth-order valence-corrected chi connectivity index (χ4v) is 3.60. The molecule has 3 rings (SSSR count). The van der Waals surface area contributed by atoms with Crippen molar-refractivity contribution < 1.29 is 28.5 Å². The molecule has 0 fully saturated rings. The maximum atomic E-state index is 12.7. The Hall–Kier alpha value is -3.52. The first-order valence-corrected chi connectivity index (χ1v) is 10.5. The fourth-order valence-electron chi connectivity index (χ4n) is 3.29. The molecule has 1 aromatic heterocycles. The van der Waals surface area contributed by atoms with Gasteiger partial charge in [0, 0.05) is 5.56 Å². The first-order chi connectivity index (χ1) is 15.8. The van der Waals surface area contributed by atoms with E-state index in [2.05, 4.69) is 5.10 Å². The lowest BCUT2D eigenvalue weighted by molar-refractivity contribution is 0.0474. The number of halogens is 1. The van der Waals surface area contributed by atoms with Gasteiger partial charge in [-0.15, -0.1) is 0 Å². The molecule has 0 saturated carbocycles. The third-order valence-corrected chi connectivity index (χ3v) is 5.43. The van der Waals surface area contributed by atoms with Gasteiger partial charge in [0.05, 0.1) is 33.6 Å². The number of nitrogens with zero attached hydrogens (tertiary/aromatic N) is 2. The fraction of sp³-hybridized carbons (Fsp3) is 0.292. The van der Waals surface area contributed by atoms with Gasteiger partial charge in [-0.1, -0.05) is 41.4 Å². The van der Waals surface area contributed by atoms with Gasteiger partial charge >= 0.3 is 5.97 Å². The van der Waals surface area contributed by atoms with Crippen LogP contribution in [0.1, 0.15) is 37.5 Å². The van der Waals surface area contributed by atoms with Crippen molar-refractivity contribution in [3.05, 3.63) is 69.5 Å². The van der Waals surface area contributed by atoms with Gasteiger partial charge in [-0.3, -0.25) is 4.79 Å². The minimum atomic E-state index is -0.728. The number of rotatable bonds is 9. The van der Waals surface area contributed by atoms with Gasteiger partial charge in [0.2, 0.25) is 11.5 Å². The largest absolute Gasteiger partial charge is 0.493 e. The topological polar surface area (TPSA) is 88.9 Å². The molecule has 0 spiro atoms. The standard InChI is InChI=1S/C24H25ClN2O6/c1-14-6-8-16(9-7-14)12-27-23(25)21(15(2)26-27)24(29)33-13-18(28)17-10-19(30-3)22(32-5)20(11-17)31-4/h6-11H,12-13H2,1-5H3. The molecule has 0 unspecified atom stereocenters. The van der Waals surface area contributed by atoms with E-state index in [9.17, 15) is 9.59 Å². The normalized spacial score (nSPS) is 10.6. The molecule has 0 aliphatic rings. The number of ketones is 1. The van der Waals surface area contributed by atoms with E-state index in [1.165, 1.54) is 38.1 Å². The molecule has 8 nitrogen and oxygen atoms in total. The van der Waals surface area contributed by atoms with Crippen molar-refractivity contribution in [2.75, 3.05) is 27.9 Å². The summed E-state index contributed by atoms with van der Waals surface area (Å²) in [7, 11) is 4.37. The summed E-state index contributed by atoms with van der Waals surface area (Å²) in [6.07, 6.45) is 0. The van der Waals surface area contributed by atoms with E-state index in [1.54, 1.807) is 6.92 Å². The Bertz CT molecular complexity index is 1150. The smallest absolute Gasteiger partial charge is 0.343 e. The number of benzene rings is 2. The average molecular weight is 473 g/mol. The number of carbonyl (C=O) groups is 2. The Balaban J connectivity index is 1.74. The van der Waals surface area contributed by atoms with Gasteiger partial charge < -0.3 is 18.9 Å². The van der Waals surface area contributed by atoms with Crippen LogP contribution in [0.5, 0.6) is 17.2 Å². The third-order valence-electron chi connectivity index (χ3n) is 5.04. The predicted octanol–water partition coefficient (Wildman–Crippen LogP) is 4.27. The van der Waals surface area contributed by atoms with Crippen molar-refractivity contribution in [1.29, 1.82) is 0 Å². The Morgan fingerprint density at radius 2 is 1.58 bits per heavy atom. The Kier molecular flexibility index (Phi) is 7.60. The third kappa shape index (κ3) is 5.28. The molecule has 0 N–H and O–H groups in total. The number of carbonyl (C=O) groups excluding carboxylic acids is 2. The van der Waals surface area contributed by atoms with Crippen LogP contribution in [-0.2, 0) is 11.3 Å². The summed E-state index contributed by atoms with van der Waals surface area (Å²) < 4.78 is 22.6. The molecule has 0 aliphatic carbocycles. The van der Waals surface area contributed by atoms with Crippen LogP contribution in [0.4, 0.5) is 0 Å². The van der Waals surface area contributed by atoms with Crippen molar-refractivity contribution in [2.45, 2.75) is 20.4 Å². The van der Waals surface area contributed by atoms with Crippen molar-refractivity contribution >= 4 is 23.4 Å².